The summed E-state index contributed by atoms with van der Waals surface area (Å²) >= 11 is 0. The van der Waals surface area contributed by atoms with E-state index in [0.717, 1.165) is 26.2 Å². The second kappa shape index (κ2) is 11.9. The molecule has 1 atom stereocenters. The van der Waals surface area contributed by atoms with E-state index in [4.69, 9.17) is 5.73 Å². The van der Waals surface area contributed by atoms with Gasteiger partial charge in [0.2, 0.25) is 5.91 Å². The second-order valence-corrected chi connectivity index (χ2v) is 4.92. The van der Waals surface area contributed by atoms with Gasteiger partial charge in [-0.15, -0.1) is 37.2 Å². The summed E-state index contributed by atoms with van der Waals surface area (Å²) < 4.78 is 0. The molecule has 0 radical (unpaired) electrons. The molecule has 1 aliphatic heterocycles. The van der Waals surface area contributed by atoms with Gasteiger partial charge in [-0.2, -0.15) is 0 Å². The predicted molar refractivity (Wildman–Crippen MR) is 96.2 cm³/mol. The van der Waals surface area contributed by atoms with Crippen molar-refractivity contribution in [1.82, 2.24) is 14.8 Å². The number of hydrogen-bond donors (Lipinski definition) is 1. The van der Waals surface area contributed by atoms with E-state index in [1.165, 1.54) is 5.56 Å². The van der Waals surface area contributed by atoms with Crippen LogP contribution in [0.4, 0.5) is 0 Å². The Kier molecular flexibility index (Phi) is 12.8. The van der Waals surface area contributed by atoms with Gasteiger partial charge in [0.05, 0.1) is 0 Å². The van der Waals surface area contributed by atoms with Gasteiger partial charge >= 0.3 is 0 Å². The summed E-state index contributed by atoms with van der Waals surface area (Å²) in [6, 6.07) is 4.41. The van der Waals surface area contributed by atoms with Gasteiger partial charge in [0.25, 0.3) is 0 Å². The summed E-state index contributed by atoms with van der Waals surface area (Å²) in [7, 11) is 0. The molecule has 1 aliphatic rings. The lowest BCUT2D eigenvalue weighted by molar-refractivity contribution is -0.133. The van der Waals surface area contributed by atoms with E-state index in [2.05, 4.69) is 22.9 Å². The Hall–Kier alpha value is -0.590. The van der Waals surface area contributed by atoms with E-state index >= 15 is 0 Å². The van der Waals surface area contributed by atoms with Crippen LogP contribution in [0.25, 0.3) is 0 Å². The number of nitrogens with zero attached hydrogens (tertiary/aromatic N) is 3. The Morgan fingerprint density at radius 1 is 1.27 bits per heavy atom. The minimum Gasteiger partial charge on any atom is -0.340 e. The largest absolute Gasteiger partial charge is 0.340 e. The minimum absolute atomic E-state index is 0. The number of aromatic nitrogens is 1. The fourth-order valence-corrected chi connectivity index (χ4v) is 2.47. The van der Waals surface area contributed by atoms with Gasteiger partial charge < -0.3 is 10.6 Å². The zero-order valence-electron chi connectivity index (χ0n) is 12.7. The fraction of sp³-hybridized carbons (Fsp3) is 0.571. The molecule has 1 fully saturated rings. The number of amides is 1. The first-order chi connectivity index (χ1) is 9.22. The monoisotopic (exact) mass is 370 g/mol. The molecule has 22 heavy (non-hydrogen) atoms. The maximum Gasteiger partial charge on any atom is 0.223 e. The van der Waals surface area contributed by atoms with E-state index in [-0.39, 0.29) is 43.1 Å². The Labute approximate surface area is 150 Å². The molecule has 2 heterocycles. The van der Waals surface area contributed by atoms with Crippen LogP contribution < -0.4 is 5.73 Å². The van der Waals surface area contributed by atoms with Gasteiger partial charge in [-0.1, -0.05) is 6.07 Å². The molecule has 1 saturated heterocycles. The molecule has 1 aromatic heterocycles. The van der Waals surface area contributed by atoms with Crippen molar-refractivity contribution in [3.05, 3.63) is 30.1 Å². The van der Waals surface area contributed by atoms with Crippen molar-refractivity contribution in [2.45, 2.75) is 19.4 Å². The van der Waals surface area contributed by atoms with Crippen LogP contribution in [0.15, 0.2) is 24.5 Å². The molecule has 0 spiro atoms. The molecule has 5 nitrogen and oxygen atoms in total. The third kappa shape index (κ3) is 6.26. The number of carbonyl (C=O) groups is 1. The lowest BCUT2D eigenvalue weighted by Crippen LogP contribution is -2.49. The van der Waals surface area contributed by atoms with E-state index in [1.807, 2.05) is 17.2 Å². The first kappa shape index (κ1) is 23.7. The minimum atomic E-state index is 0. The summed E-state index contributed by atoms with van der Waals surface area (Å²) in [6.45, 7) is 6.03. The molecule has 0 aromatic carbocycles. The molecule has 8 heteroatoms. The maximum atomic E-state index is 11.8. The van der Waals surface area contributed by atoms with Gasteiger partial charge in [0.15, 0.2) is 0 Å². The highest BCUT2D eigenvalue weighted by Gasteiger charge is 2.24. The molecular weight excluding hydrogens is 347 g/mol. The zero-order valence-corrected chi connectivity index (χ0v) is 15.1. The average Bonchev–Trinajstić information content (AvgIpc) is 2.48. The lowest BCUT2D eigenvalue weighted by Gasteiger charge is -2.38. The number of pyridine rings is 1. The molecule has 1 unspecified atom stereocenters. The Morgan fingerprint density at radius 3 is 2.41 bits per heavy atom. The molecule has 1 aromatic rings. The number of rotatable bonds is 4. The average molecular weight is 372 g/mol. The van der Waals surface area contributed by atoms with E-state index in [9.17, 15) is 4.79 Å². The molecule has 2 N–H and O–H groups in total. The van der Waals surface area contributed by atoms with Crippen molar-refractivity contribution < 1.29 is 4.79 Å². The summed E-state index contributed by atoms with van der Waals surface area (Å²) in [5.41, 5.74) is 6.65. The highest BCUT2D eigenvalue weighted by atomic mass is 35.5. The van der Waals surface area contributed by atoms with Crippen LogP contribution in [0, 0.1) is 0 Å². The highest BCUT2D eigenvalue weighted by molar-refractivity contribution is 5.86. The maximum absolute atomic E-state index is 11.8. The normalized spacial score (nSPS) is 15.8. The van der Waals surface area contributed by atoms with E-state index in [0.29, 0.717) is 19.0 Å². The zero-order chi connectivity index (χ0) is 13.7. The standard InChI is InChI=1S/C14H22N4O.3ClH/c1-12(13-3-2-6-16-11-13)17-7-9-18(10-8-17)14(19)4-5-15;;;/h2-3,6,11-12H,4-5,7-10,15H2,1H3;3*1H. The topological polar surface area (TPSA) is 62.5 Å². The van der Waals surface area contributed by atoms with Gasteiger partial charge in [-0.3, -0.25) is 14.7 Å². The van der Waals surface area contributed by atoms with E-state index in [1.54, 1.807) is 6.20 Å². The van der Waals surface area contributed by atoms with Crippen LogP contribution in [-0.4, -0.2) is 53.4 Å². The fourth-order valence-electron chi connectivity index (χ4n) is 2.47. The number of halogens is 3. The summed E-state index contributed by atoms with van der Waals surface area (Å²) in [4.78, 5) is 20.2. The second-order valence-electron chi connectivity index (χ2n) is 4.92. The summed E-state index contributed by atoms with van der Waals surface area (Å²) in [5.74, 6) is 0.177. The molecule has 2 rings (SSSR count). The molecule has 0 aliphatic carbocycles. The van der Waals surface area contributed by atoms with Gasteiger partial charge in [-0.25, -0.2) is 0 Å². The van der Waals surface area contributed by atoms with Crippen molar-refractivity contribution in [1.29, 1.82) is 0 Å². The van der Waals surface area contributed by atoms with Crippen LogP contribution in [-0.2, 0) is 4.79 Å². The quantitative estimate of drug-likeness (QED) is 0.878. The third-order valence-electron chi connectivity index (χ3n) is 3.74. The SMILES string of the molecule is CC(c1cccnc1)N1CCN(C(=O)CCN)CC1.Cl.Cl.Cl. The van der Waals surface area contributed by atoms with Crippen molar-refractivity contribution in [2.24, 2.45) is 5.73 Å². The van der Waals surface area contributed by atoms with Crippen LogP contribution in [0.1, 0.15) is 24.9 Å². The van der Waals surface area contributed by atoms with Gasteiger partial charge in [-0.05, 0) is 18.6 Å². The van der Waals surface area contributed by atoms with Crippen LogP contribution >= 0.6 is 37.2 Å². The predicted octanol–water partition coefficient (Wildman–Crippen LogP) is 1.90. The van der Waals surface area contributed by atoms with Crippen molar-refractivity contribution >= 4 is 43.1 Å². The number of carbonyl (C=O) groups excluding carboxylic acids is 1. The smallest absolute Gasteiger partial charge is 0.223 e. The van der Waals surface area contributed by atoms with Crippen molar-refractivity contribution in [3.63, 3.8) is 0 Å². The summed E-state index contributed by atoms with van der Waals surface area (Å²) in [5, 5.41) is 0. The van der Waals surface area contributed by atoms with Crippen molar-refractivity contribution in [3.8, 4) is 0 Å². The highest BCUT2D eigenvalue weighted by Crippen LogP contribution is 2.20. The number of hydrogen-bond acceptors (Lipinski definition) is 4. The molecule has 0 bridgehead atoms. The Morgan fingerprint density at radius 2 is 1.91 bits per heavy atom. The molecule has 0 saturated carbocycles. The number of piperazine rings is 1. The number of nitrogens with two attached hydrogens (primary N) is 1. The molecule has 1 amide bonds. The first-order valence-corrected chi connectivity index (χ1v) is 6.84. The van der Waals surface area contributed by atoms with Crippen LogP contribution in [0.5, 0.6) is 0 Å². The Balaban J connectivity index is 0. The lowest BCUT2D eigenvalue weighted by atomic mass is 10.1. The summed E-state index contributed by atoms with van der Waals surface area (Å²) in [6.07, 6.45) is 4.16. The van der Waals surface area contributed by atoms with Gasteiger partial charge in [0, 0.05) is 57.6 Å². The molecular formula is C14H25Cl3N4O. The van der Waals surface area contributed by atoms with Crippen LogP contribution in [0.2, 0.25) is 0 Å². The third-order valence-corrected chi connectivity index (χ3v) is 3.74. The first-order valence-electron chi connectivity index (χ1n) is 6.84. The van der Waals surface area contributed by atoms with Crippen LogP contribution in [0.3, 0.4) is 0 Å². The van der Waals surface area contributed by atoms with E-state index < -0.39 is 0 Å². The van der Waals surface area contributed by atoms with Gasteiger partial charge in [0.1, 0.15) is 0 Å². The Bertz CT molecular complexity index is 414. The molecule has 128 valence electrons. The van der Waals surface area contributed by atoms with Crippen molar-refractivity contribution in [2.75, 3.05) is 32.7 Å².